The molecule has 1 fully saturated rings. The first kappa shape index (κ1) is 20.4. The lowest BCUT2D eigenvalue weighted by atomic mass is 9.88. The van der Waals surface area contributed by atoms with Crippen LogP contribution >= 0.6 is 15.9 Å². The van der Waals surface area contributed by atoms with Crippen molar-refractivity contribution in [3.8, 4) is 5.75 Å². The number of ether oxygens (including phenoxy) is 1. The van der Waals surface area contributed by atoms with Gasteiger partial charge in [0.1, 0.15) is 5.75 Å². The Balaban J connectivity index is 1.52. The molecule has 28 heavy (non-hydrogen) atoms. The van der Waals surface area contributed by atoms with Gasteiger partial charge in [0.05, 0.1) is 0 Å². The number of amides is 2. The lowest BCUT2D eigenvalue weighted by Crippen LogP contribution is -2.25. The van der Waals surface area contributed by atoms with Crippen molar-refractivity contribution in [3.05, 3.63) is 52.5 Å². The predicted octanol–water partition coefficient (Wildman–Crippen LogP) is 5.29. The number of benzene rings is 2. The molecular weight excluding hydrogens is 420 g/mol. The lowest BCUT2D eigenvalue weighted by Gasteiger charge is -2.20. The Kier molecular flexibility index (Phi) is 7.09. The van der Waals surface area contributed by atoms with E-state index in [2.05, 4.69) is 26.6 Å². The Morgan fingerprint density at radius 3 is 2.46 bits per heavy atom. The fourth-order valence-electron chi connectivity index (χ4n) is 3.34. The number of rotatable bonds is 6. The summed E-state index contributed by atoms with van der Waals surface area (Å²) in [5.74, 6) is 0.549. The first-order chi connectivity index (χ1) is 13.5. The second-order valence-electron chi connectivity index (χ2n) is 7.15. The van der Waals surface area contributed by atoms with Gasteiger partial charge in [0.25, 0.3) is 5.91 Å². The maximum absolute atomic E-state index is 12.4. The van der Waals surface area contributed by atoms with Crippen molar-refractivity contribution in [1.82, 2.24) is 0 Å². The van der Waals surface area contributed by atoms with Crippen LogP contribution in [0.3, 0.4) is 0 Å². The van der Waals surface area contributed by atoms with Crippen LogP contribution in [0.1, 0.15) is 37.7 Å². The van der Waals surface area contributed by atoms with Crippen molar-refractivity contribution in [2.45, 2.75) is 39.0 Å². The summed E-state index contributed by atoms with van der Waals surface area (Å²) in [6.45, 7) is 1.88. The molecule has 1 aliphatic rings. The van der Waals surface area contributed by atoms with Crippen molar-refractivity contribution in [2.24, 2.45) is 5.92 Å². The molecule has 3 rings (SSSR count). The topological polar surface area (TPSA) is 67.4 Å². The molecule has 0 unspecified atom stereocenters. The molecule has 0 saturated heterocycles. The van der Waals surface area contributed by atoms with Crippen molar-refractivity contribution in [1.29, 1.82) is 0 Å². The van der Waals surface area contributed by atoms with E-state index in [0.29, 0.717) is 17.1 Å². The average molecular weight is 445 g/mol. The summed E-state index contributed by atoms with van der Waals surface area (Å²) in [5.41, 5.74) is 2.36. The van der Waals surface area contributed by atoms with Crippen LogP contribution in [0.15, 0.2) is 46.9 Å². The van der Waals surface area contributed by atoms with Crippen molar-refractivity contribution in [2.75, 3.05) is 17.2 Å². The quantitative estimate of drug-likeness (QED) is 0.635. The van der Waals surface area contributed by atoms with Crippen molar-refractivity contribution < 1.29 is 14.3 Å². The lowest BCUT2D eigenvalue weighted by molar-refractivity contribution is -0.120. The predicted molar refractivity (Wildman–Crippen MR) is 115 cm³/mol. The molecule has 2 aromatic carbocycles. The van der Waals surface area contributed by atoms with Crippen molar-refractivity contribution in [3.63, 3.8) is 0 Å². The van der Waals surface area contributed by atoms with E-state index in [1.165, 1.54) is 6.42 Å². The number of nitrogens with one attached hydrogen (secondary N) is 2. The van der Waals surface area contributed by atoms with E-state index in [1.807, 2.05) is 37.3 Å². The van der Waals surface area contributed by atoms with Crippen LogP contribution in [0.25, 0.3) is 0 Å². The number of halogens is 1. The first-order valence-electron chi connectivity index (χ1n) is 9.61. The van der Waals surface area contributed by atoms with Crippen LogP contribution in [0.5, 0.6) is 5.75 Å². The van der Waals surface area contributed by atoms with Crippen LogP contribution in [0.4, 0.5) is 11.4 Å². The maximum atomic E-state index is 12.4. The largest absolute Gasteiger partial charge is 0.484 e. The third-order valence-corrected chi connectivity index (χ3v) is 5.78. The van der Waals surface area contributed by atoms with Gasteiger partial charge in [-0.3, -0.25) is 9.59 Å². The molecule has 2 N–H and O–H groups in total. The SMILES string of the molecule is Cc1cc(OCC(=O)Nc2cccc(NC(=O)C3CCCCC3)c2)ccc1Br. The highest BCUT2D eigenvalue weighted by Gasteiger charge is 2.21. The molecular formula is C22H25BrN2O3. The van der Waals surface area contributed by atoms with E-state index < -0.39 is 0 Å². The van der Waals surface area contributed by atoms with Crippen LogP contribution < -0.4 is 15.4 Å². The molecule has 6 heteroatoms. The monoisotopic (exact) mass is 444 g/mol. The minimum atomic E-state index is -0.253. The van der Waals surface area contributed by atoms with Gasteiger partial charge in [-0.2, -0.15) is 0 Å². The van der Waals surface area contributed by atoms with Crippen LogP contribution in [0, 0.1) is 12.8 Å². The molecule has 5 nitrogen and oxygen atoms in total. The molecule has 0 atom stereocenters. The number of aryl methyl sites for hydroxylation is 1. The number of carbonyl (C=O) groups is 2. The van der Waals surface area contributed by atoms with Gasteiger partial charge >= 0.3 is 0 Å². The molecule has 148 valence electrons. The van der Waals surface area contributed by atoms with E-state index >= 15 is 0 Å². The molecule has 0 heterocycles. The third-order valence-electron chi connectivity index (χ3n) is 4.89. The highest BCUT2D eigenvalue weighted by atomic mass is 79.9. The summed E-state index contributed by atoms with van der Waals surface area (Å²) in [7, 11) is 0. The molecule has 0 aromatic heterocycles. The van der Waals surface area contributed by atoms with Gasteiger partial charge < -0.3 is 15.4 Å². The summed E-state index contributed by atoms with van der Waals surface area (Å²) in [4.78, 5) is 24.6. The molecule has 0 bridgehead atoms. The fraction of sp³-hybridized carbons (Fsp3) is 0.364. The van der Waals surface area contributed by atoms with Gasteiger partial charge in [-0.05, 0) is 61.7 Å². The molecule has 2 amide bonds. The van der Waals surface area contributed by atoms with Gasteiger partial charge in [0.15, 0.2) is 6.61 Å². The summed E-state index contributed by atoms with van der Waals surface area (Å²) in [5, 5.41) is 5.78. The summed E-state index contributed by atoms with van der Waals surface area (Å²) >= 11 is 3.44. The molecule has 1 saturated carbocycles. The molecule has 0 spiro atoms. The minimum Gasteiger partial charge on any atom is -0.484 e. The normalized spacial score (nSPS) is 14.4. The van der Waals surface area contributed by atoms with Crippen molar-refractivity contribution >= 4 is 39.1 Å². The minimum absolute atomic E-state index is 0.0668. The number of anilines is 2. The molecule has 0 radical (unpaired) electrons. The van der Waals surface area contributed by atoms with Crippen LogP contribution in [-0.4, -0.2) is 18.4 Å². The number of carbonyl (C=O) groups excluding carboxylic acids is 2. The first-order valence-corrected chi connectivity index (χ1v) is 10.4. The Morgan fingerprint density at radius 1 is 1.04 bits per heavy atom. The molecule has 2 aromatic rings. The van der Waals surface area contributed by atoms with E-state index in [9.17, 15) is 9.59 Å². The van der Waals surface area contributed by atoms with E-state index in [-0.39, 0.29) is 24.3 Å². The zero-order valence-electron chi connectivity index (χ0n) is 16.0. The summed E-state index contributed by atoms with van der Waals surface area (Å²) in [6, 6.07) is 12.8. The maximum Gasteiger partial charge on any atom is 0.262 e. The molecule has 0 aliphatic heterocycles. The van der Waals surface area contributed by atoms with Gasteiger partial charge in [-0.15, -0.1) is 0 Å². The zero-order valence-corrected chi connectivity index (χ0v) is 17.6. The number of hydrogen-bond donors (Lipinski definition) is 2. The van der Waals surface area contributed by atoms with Gasteiger partial charge in [0.2, 0.25) is 5.91 Å². The third kappa shape index (κ3) is 5.83. The highest BCUT2D eigenvalue weighted by Crippen LogP contribution is 2.25. The molecule has 1 aliphatic carbocycles. The van der Waals surface area contributed by atoms with Gasteiger partial charge in [0, 0.05) is 21.8 Å². The number of hydrogen-bond acceptors (Lipinski definition) is 3. The average Bonchev–Trinajstić information content (AvgIpc) is 2.70. The summed E-state index contributed by atoms with van der Waals surface area (Å²) in [6.07, 6.45) is 5.36. The fourth-order valence-corrected chi connectivity index (χ4v) is 3.58. The Hall–Kier alpha value is -2.34. The summed E-state index contributed by atoms with van der Waals surface area (Å²) < 4.78 is 6.54. The Morgan fingerprint density at radius 2 is 1.75 bits per heavy atom. The second-order valence-corrected chi connectivity index (χ2v) is 8.01. The highest BCUT2D eigenvalue weighted by molar-refractivity contribution is 9.10. The van der Waals surface area contributed by atoms with Crippen LogP contribution in [0.2, 0.25) is 0 Å². The Labute approximate surface area is 174 Å². The Bertz CT molecular complexity index is 847. The smallest absolute Gasteiger partial charge is 0.262 e. The second kappa shape index (κ2) is 9.73. The van der Waals surface area contributed by atoms with E-state index in [0.717, 1.165) is 35.7 Å². The van der Waals surface area contributed by atoms with Crippen LogP contribution in [-0.2, 0) is 9.59 Å². The van der Waals surface area contributed by atoms with E-state index in [4.69, 9.17) is 4.74 Å². The van der Waals surface area contributed by atoms with Gasteiger partial charge in [-0.25, -0.2) is 0 Å². The van der Waals surface area contributed by atoms with E-state index in [1.54, 1.807) is 12.1 Å². The zero-order chi connectivity index (χ0) is 19.9. The van der Waals surface area contributed by atoms with Gasteiger partial charge in [-0.1, -0.05) is 41.3 Å². The standard InChI is InChI=1S/C22H25BrN2O3/c1-15-12-19(10-11-20(15)23)28-14-21(26)24-17-8-5-9-18(13-17)25-22(27)16-6-3-2-4-7-16/h5,8-13,16H,2-4,6-7,14H2,1H3,(H,24,26)(H,25,27).